The third-order valence-corrected chi connectivity index (χ3v) is 25.9. The molecule has 0 unspecified atom stereocenters. The Bertz CT molecular complexity index is 5650. The Balaban J connectivity index is 0.961. The highest BCUT2D eigenvalue weighted by atomic mass is 15.2. The first kappa shape index (κ1) is 78.6. The Labute approximate surface area is 698 Å². The number of unbranched alkanes of at least 4 members (excludes halogenated alkanes) is 3. The number of anilines is 4. The van der Waals surface area contributed by atoms with Crippen molar-refractivity contribution in [2.24, 2.45) is 0 Å². The Morgan fingerprint density at radius 2 is 0.547 bits per heavy atom. The molecule has 117 heavy (non-hydrogen) atoms. The fraction of sp³-hybridized carbons (Fsp3) is 0.304. The summed E-state index contributed by atoms with van der Waals surface area (Å²) >= 11 is 0. The zero-order valence-electron chi connectivity index (χ0n) is 73.1. The number of rotatable bonds is 17. The molecule has 13 aromatic carbocycles. The van der Waals surface area contributed by atoms with Crippen molar-refractivity contribution >= 4 is 89.5 Å². The summed E-state index contributed by atoms with van der Waals surface area (Å²) in [7, 11) is 0. The second-order valence-corrected chi connectivity index (χ2v) is 40.4. The van der Waals surface area contributed by atoms with Crippen LogP contribution < -0.4 is 26.2 Å². The van der Waals surface area contributed by atoms with Gasteiger partial charge in [-0.05, 0) is 240 Å². The van der Waals surface area contributed by atoms with E-state index in [-0.39, 0.29) is 39.2 Å². The van der Waals surface area contributed by atoms with Gasteiger partial charge < -0.3 is 18.9 Å². The summed E-state index contributed by atoms with van der Waals surface area (Å²) in [5, 5.41) is 5.27. The van der Waals surface area contributed by atoms with Gasteiger partial charge in [-0.3, -0.25) is 0 Å². The molecule has 0 radical (unpaired) electrons. The summed E-state index contributed by atoms with van der Waals surface area (Å²) in [4.78, 5) is 5.65. The van der Waals surface area contributed by atoms with Gasteiger partial charge in [0, 0.05) is 92.5 Å². The van der Waals surface area contributed by atoms with Crippen LogP contribution in [0.25, 0.3) is 88.1 Å². The lowest BCUT2D eigenvalue weighted by molar-refractivity contribution is 0.590. The Kier molecular flexibility index (Phi) is 20.1. The zero-order valence-corrected chi connectivity index (χ0v) is 73.1. The van der Waals surface area contributed by atoms with Gasteiger partial charge >= 0.3 is 0 Å². The van der Waals surface area contributed by atoms with Crippen molar-refractivity contribution in [1.82, 2.24) is 9.13 Å². The molecule has 0 aliphatic carbocycles. The van der Waals surface area contributed by atoms with Gasteiger partial charge in [0.05, 0.1) is 0 Å². The molecule has 2 aliphatic rings. The molecule has 4 nitrogen and oxygen atoms in total. The lowest BCUT2D eigenvalue weighted by atomic mass is 9.33. The third kappa shape index (κ3) is 15.0. The van der Waals surface area contributed by atoms with Gasteiger partial charge in [-0.1, -0.05) is 345 Å². The minimum absolute atomic E-state index is 0.0182. The largest absolute Gasteiger partial charge is 0.338 e. The average molecular weight is 1530 g/mol. The first-order valence-corrected chi connectivity index (χ1v) is 43.4. The number of hydrogen-bond donors (Lipinski definition) is 0. The van der Waals surface area contributed by atoms with Crippen LogP contribution in [0.5, 0.6) is 0 Å². The second-order valence-electron chi connectivity index (χ2n) is 40.4. The van der Waals surface area contributed by atoms with Crippen molar-refractivity contribution in [1.29, 1.82) is 0 Å². The number of fused-ring (bicyclic) bond motifs is 10. The van der Waals surface area contributed by atoms with Crippen LogP contribution in [0.3, 0.4) is 0 Å². The molecule has 2 aliphatic heterocycles. The fourth-order valence-corrected chi connectivity index (χ4v) is 18.9. The molecule has 0 spiro atoms. The van der Waals surface area contributed by atoms with Crippen molar-refractivity contribution in [3.8, 4) is 44.5 Å². The average Bonchev–Trinajstić information content (AvgIpc) is 1.38. The molecule has 15 aromatic rings. The molecular formula is C112H119BN4. The van der Waals surface area contributed by atoms with E-state index in [0.29, 0.717) is 26.2 Å². The topological polar surface area (TPSA) is 16.3 Å². The number of hydrogen-bond acceptors (Lipinski definition) is 2. The van der Waals surface area contributed by atoms with Crippen LogP contribution in [-0.2, 0) is 65.1 Å². The van der Waals surface area contributed by atoms with Gasteiger partial charge in [0.2, 0.25) is 0 Å². The van der Waals surface area contributed by atoms with E-state index in [0.717, 1.165) is 12.8 Å². The third-order valence-electron chi connectivity index (χ3n) is 25.9. The van der Waals surface area contributed by atoms with E-state index in [1.54, 1.807) is 0 Å². The Morgan fingerprint density at radius 1 is 0.256 bits per heavy atom. The van der Waals surface area contributed by atoms with E-state index in [1.165, 1.54) is 208 Å². The zero-order chi connectivity index (χ0) is 82.0. The SMILES string of the molecule is CCCCCCc1cc2c3c(c1)N(Cc1c(-c4ccccc4)cc(C(C)(C)C)cc1-c1ccccc1)c1cc(Cn4c5ccc(C(C)(C)C)cc5c5cc(C(C)(C)C)ccc54)ccc1B3c1ccc(Cn3c4ccc(C(C)(C)C)cc4c4cc(C(C)(C)C)ccc43)cc1N2Cc1c(-c2ccccc2)cc(C(C)(C)C)cc1-c1ccccc1. The van der Waals surface area contributed by atoms with Gasteiger partial charge in [0.25, 0.3) is 6.71 Å². The van der Waals surface area contributed by atoms with Crippen molar-refractivity contribution in [2.45, 2.75) is 222 Å². The number of aromatic nitrogens is 2. The molecule has 5 heteroatoms. The second kappa shape index (κ2) is 29.9. The summed E-state index contributed by atoms with van der Waals surface area (Å²) in [5.74, 6) is 0. The standard InChI is InChI=1S/C112H119BN4/c1-20-21-22-27-36-73-57-104-106-105(58-73)117(72-95-88(78-41-32-25-33-42-78)67-85(112(17,18)19)68-89(95)79-43-34-26-35-44-79)103-60-75(70-115-100-55-49-82(109(8,9)10)63-92(100)93-64-83(110(11,12)13)50-56-101(93)115)46-52-97(103)113(106)96-51-45-74(69-114-98-53-47-80(107(2,3)4)61-90(98)91-62-81(108(5,6)7)48-54-99(91)114)59-102(96)116(104)71-94-86(76-37-28-23-29-38-76)65-84(111(14,15)16)66-87(94)77-39-30-24-31-40-77/h23-26,28-35,37-68H,20-22,27,36,69-72H2,1-19H3. The highest BCUT2D eigenvalue weighted by Crippen LogP contribution is 2.49. The predicted octanol–water partition coefficient (Wildman–Crippen LogP) is 28.4. The molecule has 590 valence electrons. The normalized spacial score (nSPS) is 13.3. The minimum atomic E-state index is -0.133. The van der Waals surface area contributed by atoms with Crippen LogP contribution in [0.15, 0.2) is 267 Å². The van der Waals surface area contributed by atoms with E-state index < -0.39 is 0 Å². The minimum Gasteiger partial charge on any atom is -0.338 e. The molecular weight excluding hydrogens is 1410 g/mol. The predicted molar refractivity (Wildman–Crippen MR) is 507 cm³/mol. The van der Waals surface area contributed by atoms with Gasteiger partial charge in [-0.15, -0.1) is 0 Å². The monoisotopic (exact) mass is 1530 g/mol. The van der Waals surface area contributed by atoms with Crippen LogP contribution in [0, 0.1) is 0 Å². The summed E-state index contributed by atoms with van der Waals surface area (Å²) < 4.78 is 5.26. The van der Waals surface area contributed by atoms with Crippen LogP contribution in [0.2, 0.25) is 0 Å². The molecule has 0 saturated carbocycles. The van der Waals surface area contributed by atoms with Crippen LogP contribution in [0.4, 0.5) is 22.7 Å². The van der Waals surface area contributed by atoms with Crippen molar-refractivity contribution in [2.75, 3.05) is 9.80 Å². The summed E-state index contributed by atoms with van der Waals surface area (Å²) in [6.45, 7) is 47.3. The van der Waals surface area contributed by atoms with Gasteiger partial charge in [-0.25, -0.2) is 0 Å². The fourth-order valence-electron chi connectivity index (χ4n) is 18.9. The summed E-state index contributed by atoms with van der Waals surface area (Å²) in [5.41, 5.74) is 38.4. The van der Waals surface area contributed by atoms with E-state index >= 15 is 0 Å². The molecule has 0 fully saturated rings. The summed E-state index contributed by atoms with van der Waals surface area (Å²) in [6, 6.07) is 105. The van der Waals surface area contributed by atoms with Crippen molar-refractivity contribution in [3.05, 3.63) is 328 Å². The number of aryl methyl sites for hydroxylation is 1. The van der Waals surface area contributed by atoms with Crippen molar-refractivity contribution < 1.29 is 0 Å². The van der Waals surface area contributed by atoms with E-state index in [9.17, 15) is 0 Å². The lowest BCUT2D eigenvalue weighted by Gasteiger charge is -2.45. The van der Waals surface area contributed by atoms with Crippen LogP contribution in [0.1, 0.15) is 218 Å². The molecule has 0 saturated heterocycles. The quantitative estimate of drug-likeness (QED) is 0.0667. The molecule has 0 N–H and O–H groups in total. The first-order valence-electron chi connectivity index (χ1n) is 43.4. The maximum Gasteiger partial charge on any atom is 0.252 e. The molecule has 0 bridgehead atoms. The highest BCUT2D eigenvalue weighted by molar-refractivity contribution is 7.00. The highest BCUT2D eigenvalue weighted by Gasteiger charge is 2.44. The van der Waals surface area contributed by atoms with E-state index in [2.05, 4.69) is 417 Å². The van der Waals surface area contributed by atoms with Gasteiger partial charge in [0.1, 0.15) is 0 Å². The molecule has 0 amide bonds. The van der Waals surface area contributed by atoms with Crippen LogP contribution >= 0.6 is 0 Å². The molecule has 4 heterocycles. The first-order chi connectivity index (χ1) is 55.7. The lowest BCUT2D eigenvalue weighted by Crippen LogP contribution is -2.62. The van der Waals surface area contributed by atoms with Crippen LogP contribution in [-0.4, -0.2) is 15.8 Å². The molecule has 2 aromatic heterocycles. The smallest absolute Gasteiger partial charge is 0.252 e. The maximum absolute atomic E-state index is 2.82. The van der Waals surface area contributed by atoms with E-state index in [4.69, 9.17) is 0 Å². The van der Waals surface area contributed by atoms with Gasteiger partial charge in [0.15, 0.2) is 0 Å². The van der Waals surface area contributed by atoms with Gasteiger partial charge in [-0.2, -0.15) is 0 Å². The molecule has 17 rings (SSSR count). The number of nitrogens with zero attached hydrogens (tertiary/aromatic N) is 4. The van der Waals surface area contributed by atoms with Crippen molar-refractivity contribution in [3.63, 3.8) is 0 Å². The molecule has 0 atom stereocenters. The number of benzene rings is 13. The van der Waals surface area contributed by atoms with E-state index in [1.807, 2.05) is 0 Å². The Hall–Kier alpha value is -10.9. The Morgan fingerprint density at radius 3 is 0.829 bits per heavy atom. The summed E-state index contributed by atoms with van der Waals surface area (Å²) in [6.07, 6.45) is 5.62. The maximum atomic E-state index is 2.82.